The molecular formula is C27H31N3O8S2. The number of hydrogen-bond acceptors (Lipinski definition) is 10. The number of hydrogen-bond donors (Lipinski definition) is 0. The van der Waals surface area contributed by atoms with Crippen molar-refractivity contribution >= 4 is 42.6 Å². The fraction of sp³-hybridized carbons (Fsp3) is 0.333. The monoisotopic (exact) mass is 589 g/mol. The van der Waals surface area contributed by atoms with E-state index >= 15 is 0 Å². The lowest BCUT2D eigenvalue weighted by atomic mass is 10.2. The molecule has 0 N–H and O–H groups in total. The average Bonchev–Trinajstić information content (AvgIpc) is 3.65. The zero-order valence-electron chi connectivity index (χ0n) is 22.7. The molecule has 0 aliphatic heterocycles. The quantitative estimate of drug-likeness (QED) is 0.215. The van der Waals surface area contributed by atoms with Crippen LogP contribution in [0.25, 0.3) is 10.2 Å². The Bertz CT molecular complexity index is 1470. The molecule has 0 saturated carbocycles. The first-order valence-electron chi connectivity index (χ1n) is 12.3. The molecule has 2 heterocycles. The van der Waals surface area contributed by atoms with Gasteiger partial charge in [-0.3, -0.25) is 9.69 Å². The van der Waals surface area contributed by atoms with E-state index in [-0.39, 0.29) is 49.2 Å². The molecule has 0 atom stereocenters. The molecule has 11 nitrogen and oxygen atoms in total. The second kappa shape index (κ2) is 13.2. The van der Waals surface area contributed by atoms with Gasteiger partial charge in [-0.2, -0.15) is 4.31 Å². The number of aromatic nitrogens is 1. The number of thiazole rings is 1. The van der Waals surface area contributed by atoms with Crippen molar-refractivity contribution in [2.75, 3.05) is 59.6 Å². The molecule has 2 aromatic heterocycles. The summed E-state index contributed by atoms with van der Waals surface area (Å²) in [5.74, 6) is 1.32. The van der Waals surface area contributed by atoms with Gasteiger partial charge in [-0.15, -0.1) is 0 Å². The summed E-state index contributed by atoms with van der Waals surface area (Å²) in [5, 5.41) is 0.404. The largest absolute Gasteiger partial charge is 0.495 e. The summed E-state index contributed by atoms with van der Waals surface area (Å²) < 4.78 is 55.2. The summed E-state index contributed by atoms with van der Waals surface area (Å²) in [6.07, 6.45) is 1.53. The van der Waals surface area contributed by atoms with Crippen LogP contribution in [0.15, 0.2) is 64.1 Å². The third kappa shape index (κ3) is 6.29. The van der Waals surface area contributed by atoms with Crippen molar-refractivity contribution < 1.29 is 36.6 Å². The predicted molar refractivity (Wildman–Crippen MR) is 151 cm³/mol. The number of methoxy groups -OCH3 is 4. The Kier molecular flexibility index (Phi) is 9.76. The highest BCUT2D eigenvalue weighted by Gasteiger charge is 2.27. The summed E-state index contributed by atoms with van der Waals surface area (Å²) in [7, 11) is 2.29. The molecule has 2 aromatic carbocycles. The fourth-order valence-corrected chi connectivity index (χ4v) is 6.47. The Morgan fingerprint density at radius 3 is 2.15 bits per heavy atom. The average molecular weight is 590 g/mol. The van der Waals surface area contributed by atoms with Crippen molar-refractivity contribution in [1.82, 2.24) is 9.29 Å². The number of furan rings is 1. The molecule has 40 heavy (non-hydrogen) atoms. The Morgan fingerprint density at radius 2 is 1.57 bits per heavy atom. The van der Waals surface area contributed by atoms with Crippen molar-refractivity contribution in [2.24, 2.45) is 0 Å². The predicted octanol–water partition coefficient (Wildman–Crippen LogP) is 4.04. The second-order valence-electron chi connectivity index (χ2n) is 8.53. The van der Waals surface area contributed by atoms with Crippen LogP contribution < -0.4 is 14.4 Å². The zero-order chi connectivity index (χ0) is 28.7. The first-order chi connectivity index (χ1) is 19.3. The van der Waals surface area contributed by atoms with Gasteiger partial charge in [0.25, 0.3) is 5.91 Å². The van der Waals surface area contributed by atoms with Gasteiger partial charge in [-0.25, -0.2) is 13.4 Å². The minimum atomic E-state index is -3.84. The van der Waals surface area contributed by atoms with Gasteiger partial charge in [0.1, 0.15) is 27.5 Å². The SMILES string of the molecule is COCCN(CCOC)S(=O)(=O)c1ccc(C(=O)N(Cc2ccco2)c2nc3c(OC)ccc(OC)c3s2)cc1. The highest BCUT2D eigenvalue weighted by Crippen LogP contribution is 2.40. The van der Waals surface area contributed by atoms with Crippen LogP contribution >= 0.6 is 11.3 Å². The molecule has 0 unspecified atom stereocenters. The third-order valence-corrected chi connectivity index (χ3v) is 9.10. The van der Waals surface area contributed by atoms with Gasteiger partial charge in [-0.05, 0) is 48.5 Å². The summed E-state index contributed by atoms with van der Waals surface area (Å²) in [6.45, 7) is 0.921. The second-order valence-corrected chi connectivity index (χ2v) is 11.4. The Balaban J connectivity index is 1.69. The fourth-order valence-electron chi connectivity index (χ4n) is 3.99. The van der Waals surface area contributed by atoms with E-state index in [0.29, 0.717) is 27.9 Å². The molecule has 0 aliphatic rings. The number of anilines is 1. The number of ether oxygens (including phenoxy) is 4. The molecule has 13 heteroatoms. The maximum absolute atomic E-state index is 13.8. The van der Waals surface area contributed by atoms with Crippen LogP contribution in [-0.2, 0) is 26.0 Å². The summed E-state index contributed by atoms with van der Waals surface area (Å²) in [5.41, 5.74) is 0.844. The highest BCUT2D eigenvalue weighted by atomic mass is 32.2. The molecule has 214 valence electrons. The minimum Gasteiger partial charge on any atom is -0.495 e. The molecule has 0 saturated heterocycles. The molecule has 0 bridgehead atoms. The molecule has 0 aliphatic carbocycles. The van der Waals surface area contributed by atoms with Gasteiger partial charge in [0, 0.05) is 32.9 Å². The maximum Gasteiger partial charge on any atom is 0.260 e. The van der Waals surface area contributed by atoms with Crippen LogP contribution in [0.4, 0.5) is 5.13 Å². The number of benzene rings is 2. The van der Waals surface area contributed by atoms with E-state index in [2.05, 4.69) is 0 Å². The number of rotatable bonds is 14. The first-order valence-corrected chi connectivity index (χ1v) is 14.5. The first kappa shape index (κ1) is 29.5. The number of carbonyl (C=O) groups excluding carboxylic acids is 1. The van der Waals surface area contributed by atoms with Crippen LogP contribution in [0, 0.1) is 0 Å². The van der Waals surface area contributed by atoms with Crippen molar-refractivity contribution in [1.29, 1.82) is 0 Å². The van der Waals surface area contributed by atoms with Crippen molar-refractivity contribution in [3.05, 3.63) is 66.1 Å². The topological polar surface area (TPSA) is 121 Å². The maximum atomic E-state index is 13.8. The molecule has 0 spiro atoms. The summed E-state index contributed by atoms with van der Waals surface area (Å²) in [6, 6.07) is 12.9. The molecule has 0 radical (unpaired) electrons. The highest BCUT2D eigenvalue weighted by molar-refractivity contribution is 7.89. The smallest absolute Gasteiger partial charge is 0.260 e. The van der Waals surface area contributed by atoms with Gasteiger partial charge in [0.05, 0.1) is 45.1 Å². The van der Waals surface area contributed by atoms with Crippen LogP contribution in [0.1, 0.15) is 16.1 Å². The third-order valence-electron chi connectivity index (χ3n) is 6.10. The van der Waals surface area contributed by atoms with E-state index in [1.807, 2.05) is 0 Å². The molecule has 1 amide bonds. The lowest BCUT2D eigenvalue weighted by molar-refractivity contribution is 0.0983. The molecule has 4 rings (SSSR count). The number of carbonyl (C=O) groups is 1. The minimum absolute atomic E-state index is 0.0586. The van der Waals surface area contributed by atoms with Crippen molar-refractivity contribution in [3.8, 4) is 11.5 Å². The summed E-state index contributed by atoms with van der Waals surface area (Å²) >= 11 is 1.28. The van der Waals surface area contributed by atoms with Gasteiger partial charge >= 0.3 is 0 Å². The number of nitrogens with zero attached hydrogens (tertiary/aromatic N) is 3. The van der Waals surface area contributed by atoms with E-state index in [0.717, 1.165) is 4.70 Å². The number of fused-ring (bicyclic) bond motifs is 1. The zero-order valence-corrected chi connectivity index (χ0v) is 24.3. The van der Waals surface area contributed by atoms with Crippen LogP contribution in [0.3, 0.4) is 0 Å². The van der Waals surface area contributed by atoms with Crippen LogP contribution in [0.5, 0.6) is 11.5 Å². The van der Waals surface area contributed by atoms with E-state index in [1.54, 1.807) is 38.5 Å². The van der Waals surface area contributed by atoms with Gasteiger partial charge < -0.3 is 23.4 Å². The van der Waals surface area contributed by atoms with Gasteiger partial charge in [-0.1, -0.05) is 11.3 Å². The molecule has 0 fully saturated rings. The van der Waals surface area contributed by atoms with Gasteiger partial charge in [0.15, 0.2) is 5.13 Å². The van der Waals surface area contributed by atoms with E-state index < -0.39 is 10.0 Å². The lowest BCUT2D eigenvalue weighted by Crippen LogP contribution is -2.36. The number of sulfonamides is 1. The van der Waals surface area contributed by atoms with Gasteiger partial charge in [0.2, 0.25) is 10.0 Å². The molecular weight excluding hydrogens is 558 g/mol. The van der Waals surface area contributed by atoms with Crippen LogP contribution in [0.2, 0.25) is 0 Å². The molecule has 4 aromatic rings. The Hall–Kier alpha value is -3.49. The lowest BCUT2D eigenvalue weighted by Gasteiger charge is -2.22. The van der Waals surface area contributed by atoms with E-state index in [4.69, 9.17) is 28.3 Å². The van der Waals surface area contributed by atoms with E-state index in [9.17, 15) is 13.2 Å². The standard InChI is InChI=1S/C27H31N3O8S2/c1-34-16-13-29(14-17-35-2)40(32,33)21-9-7-19(8-10-21)26(31)30(18-20-6-5-15-38-20)27-28-24-22(36-3)11-12-23(37-4)25(24)39-27/h5-12,15H,13-14,16-18H2,1-4H3. The number of amides is 1. The normalized spacial score (nSPS) is 11.7. The Morgan fingerprint density at radius 1 is 0.925 bits per heavy atom. The van der Waals surface area contributed by atoms with E-state index in [1.165, 1.54) is 65.3 Å². The van der Waals surface area contributed by atoms with Crippen LogP contribution in [-0.4, -0.2) is 78.4 Å². The summed E-state index contributed by atoms with van der Waals surface area (Å²) in [4.78, 5) is 20.1. The van der Waals surface area contributed by atoms with Crippen molar-refractivity contribution in [2.45, 2.75) is 11.4 Å². The van der Waals surface area contributed by atoms with Crippen molar-refractivity contribution in [3.63, 3.8) is 0 Å². The Labute approximate surface area is 236 Å².